The average molecular weight is 226 g/mol. The number of nitrogens with zero attached hydrogens (tertiary/aromatic N) is 4. The van der Waals surface area contributed by atoms with E-state index in [0.717, 1.165) is 22.5 Å². The molecule has 3 heterocycles. The van der Waals surface area contributed by atoms with Crippen LogP contribution in [-0.4, -0.2) is 19.7 Å². The molecule has 3 aromatic heterocycles. The molecule has 0 aliphatic heterocycles. The van der Waals surface area contributed by atoms with Crippen LogP contribution in [0.5, 0.6) is 0 Å². The highest BCUT2D eigenvalue weighted by atomic mass is 16.3. The van der Waals surface area contributed by atoms with Crippen molar-refractivity contribution in [1.29, 1.82) is 0 Å². The summed E-state index contributed by atoms with van der Waals surface area (Å²) in [6.45, 7) is 2.04. The summed E-state index contributed by atoms with van der Waals surface area (Å²) in [5.74, 6) is 0.805. The third kappa shape index (κ3) is 1.71. The van der Waals surface area contributed by atoms with Gasteiger partial charge in [0.15, 0.2) is 0 Å². The summed E-state index contributed by atoms with van der Waals surface area (Å²) in [5, 5.41) is 7.52. The van der Waals surface area contributed by atoms with Crippen LogP contribution in [0.4, 0.5) is 0 Å². The molecule has 84 valence electrons. The third-order valence-corrected chi connectivity index (χ3v) is 2.61. The first-order chi connectivity index (χ1) is 8.34. The summed E-state index contributed by atoms with van der Waals surface area (Å²) in [5.41, 5.74) is 3.23. The molecule has 0 atom stereocenters. The highest BCUT2D eigenvalue weighted by Crippen LogP contribution is 2.23. The number of hydrogen-bond donors (Lipinski definition) is 0. The SMILES string of the molecule is Cc1cc(-n2cnnc2)ncc1-c1ccoc1. The van der Waals surface area contributed by atoms with E-state index >= 15 is 0 Å². The molecule has 0 saturated heterocycles. The summed E-state index contributed by atoms with van der Waals surface area (Å²) in [6.07, 6.45) is 8.44. The number of furan rings is 1. The van der Waals surface area contributed by atoms with Gasteiger partial charge in [-0.15, -0.1) is 10.2 Å². The minimum Gasteiger partial charge on any atom is -0.472 e. The smallest absolute Gasteiger partial charge is 0.139 e. The van der Waals surface area contributed by atoms with E-state index in [-0.39, 0.29) is 0 Å². The molecule has 0 spiro atoms. The number of pyridine rings is 1. The zero-order valence-corrected chi connectivity index (χ0v) is 9.24. The molecule has 0 bridgehead atoms. The van der Waals surface area contributed by atoms with E-state index in [4.69, 9.17) is 4.42 Å². The lowest BCUT2D eigenvalue weighted by Crippen LogP contribution is -1.96. The average Bonchev–Trinajstić information content (AvgIpc) is 3.02. The monoisotopic (exact) mass is 226 g/mol. The Balaban J connectivity index is 2.06. The van der Waals surface area contributed by atoms with Gasteiger partial charge in [-0.25, -0.2) is 4.98 Å². The standard InChI is InChI=1S/C12H10N4O/c1-9-4-12(16-7-14-15-8-16)13-5-11(9)10-2-3-17-6-10/h2-8H,1H3. The van der Waals surface area contributed by atoms with E-state index in [1.54, 1.807) is 29.7 Å². The van der Waals surface area contributed by atoms with Gasteiger partial charge in [0.2, 0.25) is 0 Å². The molecule has 17 heavy (non-hydrogen) atoms. The fourth-order valence-corrected chi connectivity index (χ4v) is 1.72. The van der Waals surface area contributed by atoms with Crippen LogP contribution in [0.1, 0.15) is 5.56 Å². The normalized spacial score (nSPS) is 10.6. The van der Waals surface area contributed by atoms with Crippen molar-refractivity contribution in [3.05, 3.63) is 49.1 Å². The first-order valence-electron chi connectivity index (χ1n) is 5.19. The maximum atomic E-state index is 5.07. The topological polar surface area (TPSA) is 56.7 Å². The number of aryl methyl sites for hydroxylation is 1. The van der Waals surface area contributed by atoms with E-state index < -0.39 is 0 Å². The van der Waals surface area contributed by atoms with Crippen LogP contribution < -0.4 is 0 Å². The second-order valence-corrected chi connectivity index (χ2v) is 3.74. The van der Waals surface area contributed by atoms with Gasteiger partial charge in [0, 0.05) is 17.3 Å². The number of rotatable bonds is 2. The Hall–Kier alpha value is -2.43. The Morgan fingerprint density at radius 1 is 1.24 bits per heavy atom. The first-order valence-corrected chi connectivity index (χ1v) is 5.19. The highest BCUT2D eigenvalue weighted by Gasteiger charge is 2.06. The molecule has 5 nitrogen and oxygen atoms in total. The Morgan fingerprint density at radius 2 is 2.06 bits per heavy atom. The molecule has 0 aliphatic carbocycles. The van der Waals surface area contributed by atoms with Crippen molar-refractivity contribution in [1.82, 2.24) is 19.7 Å². The van der Waals surface area contributed by atoms with Crippen molar-refractivity contribution < 1.29 is 4.42 Å². The minimum absolute atomic E-state index is 0.805. The number of hydrogen-bond acceptors (Lipinski definition) is 4. The predicted molar refractivity (Wildman–Crippen MR) is 61.6 cm³/mol. The van der Waals surface area contributed by atoms with Crippen LogP contribution in [0.15, 0.2) is 47.9 Å². The van der Waals surface area contributed by atoms with Gasteiger partial charge in [-0.3, -0.25) is 4.57 Å². The summed E-state index contributed by atoms with van der Waals surface area (Å²) in [6, 6.07) is 3.91. The third-order valence-electron chi connectivity index (χ3n) is 2.61. The molecule has 0 unspecified atom stereocenters. The van der Waals surface area contributed by atoms with Crippen molar-refractivity contribution in [2.75, 3.05) is 0 Å². The lowest BCUT2D eigenvalue weighted by atomic mass is 10.1. The van der Waals surface area contributed by atoms with Gasteiger partial charge in [-0.05, 0) is 24.6 Å². The maximum absolute atomic E-state index is 5.07. The highest BCUT2D eigenvalue weighted by molar-refractivity contribution is 5.65. The Bertz CT molecular complexity index is 614. The van der Waals surface area contributed by atoms with Crippen LogP contribution in [0.2, 0.25) is 0 Å². The van der Waals surface area contributed by atoms with Crippen LogP contribution >= 0.6 is 0 Å². The molecule has 0 amide bonds. The van der Waals surface area contributed by atoms with Crippen molar-refractivity contribution in [3.63, 3.8) is 0 Å². The van der Waals surface area contributed by atoms with Gasteiger partial charge in [-0.2, -0.15) is 0 Å². The second-order valence-electron chi connectivity index (χ2n) is 3.74. The molecule has 0 saturated carbocycles. The van der Waals surface area contributed by atoms with Crippen LogP contribution in [0, 0.1) is 6.92 Å². The van der Waals surface area contributed by atoms with Gasteiger partial charge in [0.25, 0.3) is 0 Å². The van der Waals surface area contributed by atoms with Gasteiger partial charge >= 0.3 is 0 Å². The second kappa shape index (κ2) is 3.86. The summed E-state index contributed by atoms with van der Waals surface area (Å²) >= 11 is 0. The molecular weight excluding hydrogens is 216 g/mol. The van der Waals surface area contributed by atoms with E-state index in [9.17, 15) is 0 Å². The van der Waals surface area contributed by atoms with E-state index in [1.807, 2.05) is 25.3 Å². The van der Waals surface area contributed by atoms with Crippen LogP contribution in [0.25, 0.3) is 16.9 Å². The Labute approximate surface area is 97.8 Å². The molecule has 0 radical (unpaired) electrons. The van der Waals surface area contributed by atoms with Crippen molar-refractivity contribution in [2.24, 2.45) is 0 Å². The zero-order chi connectivity index (χ0) is 11.7. The van der Waals surface area contributed by atoms with Crippen molar-refractivity contribution in [2.45, 2.75) is 6.92 Å². The predicted octanol–water partition coefficient (Wildman–Crippen LogP) is 2.23. The first kappa shape index (κ1) is 9.77. The molecule has 0 fully saturated rings. The molecule has 0 aromatic carbocycles. The molecule has 5 heteroatoms. The van der Waals surface area contributed by atoms with E-state index in [2.05, 4.69) is 15.2 Å². The molecule has 3 rings (SSSR count). The summed E-state index contributed by atoms with van der Waals surface area (Å²) < 4.78 is 6.84. The van der Waals surface area contributed by atoms with E-state index in [1.165, 1.54) is 0 Å². The lowest BCUT2D eigenvalue weighted by Gasteiger charge is -2.05. The zero-order valence-electron chi connectivity index (χ0n) is 9.24. The van der Waals surface area contributed by atoms with Gasteiger partial charge in [0.1, 0.15) is 18.5 Å². The fraction of sp³-hybridized carbons (Fsp3) is 0.0833. The summed E-state index contributed by atoms with van der Waals surface area (Å²) in [7, 11) is 0. The molecular formula is C12H10N4O. The Kier molecular flexibility index (Phi) is 2.22. The Morgan fingerprint density at radius 3 is 2.71 bits per heavy atom. The fourth-order valence-electron chi connectivity index (χ4n) is 1.72. The molecule has 0 N–H and O–H groups in total. The molecule has 0 aliphatic rings. The van der Waals surface area contributed by atoms with Crippen LogP contribution in [-0.2, 0) is 0 Å². The minimum atomic E-state index is 0.805. The van der Waals surface area contributed by atoms with E-state index in [0.29, 0.717) is 0 Å². The van der Waals surface area contributed by atoms with Gasteiger partial charge in [-0.1, -0.05) is 0 Å². The van der Waals surface area contributed by atoms with Crippen LogP contribution in [0.3, 0.4) is 0 Å². The quantitative estimate of drug-likeness (QED) is 0.672. The maximum Gasteiger partial charge on any atom is 0.139 e. The number of aromatic nitrogens is 4. The van der Waals surface area contributed by atoms with Gasteiger partial charge < -0.3 is 4.42 Å². The summed E-state index contributed by atoms with van der Waals surface area (Å²) in [4.78, 5) is 4.38. The largest absolute Gasteiger partial charge is 0.472 e. The molecule has 3 aromatic rings. The van der Waals surface area contributed by atoms with Gasteiger partial charge in [0.05, 0.1) is 12.5 Å². The van der Waals surface area contributed by atoms with Crippen molar-refractivity contribution >= 4 is 0 Å². The van der Waals surface area contributed by atoms with Crippen molar-refractivity contribution in [3.8, 4) is 16.9 Å². The lowest BCUT2D eigenvalue weighted by molar-refractivity contribution is 0.568.